The molecule has 0 aliphatic rings. The van der Waals surface area contributed by atoms with Crippen LogP contribution in [-0.4, -0.2) is 30.7 Å². The minimum atomic E-state index is -0.807. The number of methoxy groups -OCH3 is 1. The van der Waals surface area contributed by atoms with E-state index in [9.17, 15) is 14.7 Å². The van der Waals surface area contributed by atoms with Crippen LogP contribution in [0.15, 0.2) is 66.0 Å². The number of amides is 1. The number of ether oxygens (including phenoxy) is 2. The monoisotopic (exact) mass is 397 g/mol. The highest BCUT2D eigenvalue weighted by Gasteiger charge is 2.20. The number of thiophene rings is 1. The maximum atomic E-state index is 12.4. The maximum absolute atomic E-state index is 12.4. The van der Waals surface area contributed by atoms with Crippen LogP contribution in [0, 0.1) is 0 Å². The molecule has 1 aromatic heterocycles. The third-order valence-corrected chi connectivity index (χ3v) is 4.98. The van der Waals surface area contributed by atoms with Gasteiger partial charge in [-0.2, -0.15) is 0 Å². The second kappa shape index (κ2) is 9.05. The molecule has 6 nitrogen and oxygen atoms in total. The van der Waals surface area contributed by atoms with Crippen molar-refractivity contribution < 1.29 is 24.2 Å². The molecule has 3 aromatic rings. The summed E-state index contributed by atoms with van der Waals surface area (Å²) in [4.78, 5) is 25.6. The number of para-hydroxylation sites is 1. The molecule has 3 rings (SSSR count). The fourth-order valence-corrected chi connectivity index (χ4v) is 3.49. The lowest BCUT2D eigenvalue weighted by Gasteiger charge is -2.18. The van der Waals surface area contributed by atoms with Crippen LogP contribution in [0.2, 0.25) is 0 Å². The summed E-state index contributed by atoms with van der Waals surface area (Å²) in [6.07, 6.45) is 0. The molecule has 28 heavy (non-hydrogen) atoms. The smallest absolute Gasteiger partial charge is 0.342 e. The minimum absolute atomic E-state index is 0.0648. The van der Waals surface area contributed by atoms with Gasteiger partial charge in [0.15, 0.2) is 18.1 Å². The second-order valence-corrected chi connectivity index (χ2v) is 6.84. The van der Waals surface area contributed by atoms with Gasteiger partial charge in [-0.05, 0) is 29.1 Å². The molecule has 2 N–H and O–H groups in total. The van der Waals surface area contributed by atoms with Crippen LogP contribution in [-0.2, 0) is 9.53 Å². The normalized spacial score (nSPS) is 11.5. The number of rotatable bonds is 7. The lowest BCUT2D eigenvalue weighted by atomic mass is 10.1. The Morgan fingerprint density at radius 3 is 2.54 bits per heavy atom. The third kappa shape index (κ3) is 4.50. The summed E-state index contributed by atoms with van der Waals surface area (Å²) in [5.74, 6) is -1.42. The van der Waals surface area contributed by atoms with Crippen LogP contribution in [0.4, 0.5) is 0 Å². The Morgan fingerprint density at radius 2 is 1.86 bits per heavy atom. The van der Waals surface area contributed by atoms with E-state index in [4.69, 9.17) is 9.47 Å². The highest BCUT2D eigenvalue weighted by molar-refractivity contribution is 7.10. The Bertz CT molecular complexity index is 941. The molecule has 0 unspecified atom stereocenters. The number of benzene rings is 2. The predicted molar refractivity (Wildman–Crippen MR) is 106 cm³/mol. The van der Waals surface area contributed by atoms with Crippen LogP contribution >= 0.6 is 11.3 Å². The van der Waals surface area contributed by atoms with E-state index in [1.54, 1.807) is 6.07 Å². The molecule has 0 spiro atoms. The molecule has 0 bridgehead atoms. The van der Waals surface area contributed by atoms with Gasteiger partial charge in [0, 0.05) is 4.88 Å². The molecule has 1 atom stereocenters. The first-order valence-corrected chi connectivity index (χ1v) is 9.39. The van der Waals surface area contributed by atoms with Crippen molar-refractivity contribution >= 4 is 23.2 Å². The molecule has 0 saturated heterocycles. The van der Waals surface area contributed by atoms with E-state index in [2.05, 4.69) is 5.32 Å². The van der Waals surface area contributed by atoms with E-state index < -0.39 is 18.5 Å². The van der Waals surface area contributed by atoms with Crippen molar-refractivity contribution in [1.82, 2.24) is 5.32 Å². The first-order valence-electron chi connectivity index (χ1n) is 8.51. The zero-order valence-electron chi connectivity index (χ0n) is 15.1. The topological polar surface area (TPSA) is 84.9 Å². The fraction of sp³-hybridized carbons (Fsp3) is 0.143. The lowest BCUT2D eigenvalue weighted by molar-refractivity contribution is -0.124. The summed E-state index contributed by atoms with van der Waals surface area (Å²) in [6.45, 7) is -0.468. The van der Waals surface area contributed by atoms with E-state index >= 15 is 0 Å². The van der Waals surface area contributed by atoms with Crippen LogP contribution in [0.5, 0.6) is 11.5 Å². The van der Waals surface area contributed by atoms with Crippen molar-refractivity contribution in [1.29, 1.82) is 0 Å². The highest BCUT2D eigenvalue weighted by Crippen LogP contribution is 2.30. The number of esters is 1. The molecule has 0 aliphatic heterocycles. The van der Waals surface area contributed by atoms with E-state index in [1.165, 1.54) is 30.6 Å². The Labute approximate surface area is 166 Å². The first kappa shape index (κ1) is 19.4. The molecule has 2 aromatic carbocycles. The quantitative estimate of drug-likeness (QED) is 0.596. The average Bonchev–Trinajstić information content (AvgIpc) is 3.25. The van der Waals surface area contributed by atoms with Gasteiger partial charge in [-0.15, -0.1) is 11.3 Å². The van der Waals surface area contributed by atoms with Crippen molar-refractivity contribution in [2.45, 2.75) is 6.04 Å². The number of aromatic hydroxyl groups is 1. The molecule has 0 saturated carbocycles. The van der Waals surface area contributed by atoms with E-state index in [0.717, 1.165) is 10.4 Å². The van der Waals surface area contributed by atoms with Crippen LogP contribution < -0.4 is 10.1 Å². The second-order valence-electron chi connectivity index (χ2n) is 5.86. The van der Waals surface area contributed by atoms with Gasteiger partial charge >= 0.3 is 5.97 Å². The summed E-state index contributed by atoms with van der Waals surface area (Å²) < 4.78 is 10.0. The SMILES string of the molecule is COc1cccc(C(=O)OCC(=O)N[C@H](c2ccccc2)c2cccs2)c1O. The molecule has 0 aliphatic carbocycles. The van der Waals surface area contributed by atoms with Crippen molar-refractivity contribution in [2.75, 3.05) is 13.7 Å². The Balaban J connectivity index is 1.66. The van der Waals surface area contributed by atoms with Gasteiger partial charge in [-0.1, -0.05) is 42.5 Å². The predicted octanol–water partition coefficient (Wildman–Crippen LogP) is 3.52. The van der Waals surface area contributed by atoms with E-state index in [0.29, 0.717) is 0 Å². The highest BCUT2D eigenvalue weighted by atomic mass is 32.1. The van der Waals surface area contributed by atoms with Gasteiger partial charge in [0.2, 0.25) is 0 Å². The average molecular weight is 397 g/mol. The van der Waals surface area contributed by atoms with Crippen molar-refractivity contribution in [2.24, 2.45) is 0 Å². The molecular weight excluding hydrogens is 378 g/mol. The summed E-state index contributed by atoms with van der Waals surface area (Å²) in [6, 6.07) is 17.5. The van der Waals surface area contributed by atoms with Gasteiger partial charge in [-0.3, -0.25) is 4.79 Å². The number of phenolic OH excluding ortho intramolecular Hbond substituents is 1. The largest absolute Gasteiger partial charge is 0.504 e. The number of carbonyl (C=O) groups is 2. The molecule has 0 radical (unpaired) electrons. The zero-order chi connectivity index (χ0) is 19.9. The number of hydrogen-bond donors (Lipinski definition) is 2. The Morgan fingerprint density at radius 1 is 1.07 bits per heavy atom. The summed E-state index contributed by atoms with van der Waals surface area (Å²) in [5.41, 5.74) is 0.861. The molecule has 1 amide bonds. The Hall–Kier alpha value is -3.32. The zero-order valence-corrected chi connectivity index (χ0v) is 15.9. The molecule has 7 heteroatoms. The third-order valence-electron chi connectivity index (χ3n) is 4.04. The van der Waals surface area contributed by atoms with Crippen LogP contribution in [0.1, 0.15) is 26.8 Å². The van der Waals surface area contributed by atoms with Gasteiger partial charge in [0.25, 0.3) is 5.91 Å². The van der Waals surface area contributed by atoms with Gasteiger partial charge in [0.05, 0.1) is 13.2 Å². The van der Waals surface area contributed by atoms with Crippen molar-refractivity contribution in [3.63, 3.8) is 0 Å². The maximum Gasteiger partial charge on any atom is 0.342 e. The summed E-state index contributed by atoms with van der Waals surface area (Å²) >= 11 is 1.53. The molecule has 1 heterocycles. The number of phenols is 1. The summed E-state index contributed by atoms with van der Waals surface area (Å²) in [5, 5.41) is 14.8. The lowest BCUT2D eigenvalue weighted by Crippen LogP contribution is -2.32. The standard InChI is InChI=1S/C21H19NO5S/c1-26-16-10-5-9-15(20(16)24)21(25)27-13-18(23)22-19(17-11-6-12-28-17)14-7-3-2-4-8-14/h2-12,19,24H,13H2,1H3,(H,22,23)/t19-/m1/s1. The van der Waals surface area contributed by atoms with E-state index in [-0.39, 0.29) is 23.1 Å². The van der Waals surface area contributed by atoms with Gasteiger partial charge in [0.1, 0.15) is 5.56 Å². The first-order chi connectivity index (χ1) is 13.6. The number of carbonyl (C=O) groups excluding carboxylic acids is 2. The minimum Gasteiger partial charge on any atom is -0.504 e. The molecular formula is C21H19NO5S. The molecule has 144 valence electrons. The van der Waals surface area contributed by atoms with Crippen LogP contribution in [0.25, 0.3) is 0 Å². The van der Waals surface area contributed by atoms with Gasteiger partial charge in [-0.25, -0.2) is 4.79 Å². The summed E-state index contributed by atoms with van der Waals surface area (Å²) in [7, 11) is 1.38. The number of hydrogen-bond acceptors (Lipinski definition) is 6. The molecule has 0 fully saturated rings. The van der Waals surface area contributed by atoms with Gasteiger partial charge < -0.3 is 19.9 Å². The fourth-order valence-electron chi connectivity index (χ4n) is 2.68. The van der Waals surface area contributed by atoms with Crippen molar-refractivity contribution in [3.8, 4) is 11.5 Å². The van der Waals surface area contributed by atoms with Crippen molar-refractivity contribution in [3.05, 3.63) is 82.0 Å². The number of nitrogens with one attached hydrogen (secondary N) is 1. The Kier molecular flexibility index (Phi) is 6.29. The van der Waals surface area contributed by atoms with E-state index in [1.807, 2.05) is 47.8 Å². The van der Waals surface area contributed by atoms with Crippen LogP contribution in [0.3, 0.4) is 0 Å².